The van der Waals surface area contributed by atoms with Gasteiger partial charge in [0, 0.05) is 12.5 Å². The van der Waals surface area contributed by atoms with Gasteiger partial charge >= 0.3 is 11.9 Å². The van der Waals surface area contributed by atoms with E-state index in [1.807, 2.05) is 35.6 Å². The van der Waals surface area contributed by atoms with E-state index in [-0.39, 0.29) is 5.56 Å². The summed E-state index contributed by atoms with van der Waals surface area (Å²) in [5.41, 5.74) is -0.543. The maximum Gasteiger partial charge on any atom is 0.346 e. The van der Waals surface area contributed by atoms with Gasteiger partial charge in [0.25, 0.3) is 5.54 Å². The number of carbonyl (C=O) groups excluding carboxylic acids is 1. The Morgan fingerprint density at radius 2 is 1.38 bits per heavy atom. The second-order valence-electron chi connectivity index (χ2n) is 5.40. The van der Waals surface area contributed by atoms with Crippen LogP contribution in [0.4, 0.5) is 0 Å². The van der Waals surface area contributed by atoms with E-state index in [0.29, 0.717) is 6.42 Å². The van der Waals surface area contributed by atoms with Crippen LogP contribution in [0.1, 0.15) is 23.6 Å². The van der Waals surface area contributed by atoms with Gasteiger partial charge in [0.2, 0.25) is 5.91 Å². The van der Waals surface area contributed by atoms with Gasteiger partial charge in [0.05, 0.1) is 0 Å². The molecule has 0 radical (unpaired) electrons. The van der Waals surface area contributed by atoms with E-state index in [1.165, 1.54) is 12.1 Å². The van der Waals surface area contributed by atoms with Gasteiger partial charge < -0.3 is 15.5 Å². The van der Waals surface area contributed by atoms with Crippen LogP contribution >= 0.6 is 0 Å². The van der Waals surface area contributed by atoms with Crippen molar-refractivity contribution < 1.29 is 24.6 Å². The molecule has 0 heterocycles. The summed E-state index contributed by atoms with van der Waals surface area (Å²) in [6.07, 6.45) is 0.633. The van der Waals surface area contributed by atoms with E-state index in [9.17, 15) is 24.6 Å². The number of nitrogens with one attached hydrogen (secondary N) is 1. The van der Waals surface area contributed by atoms with Crippen LogP contribution in [0.15, 0.2) is 54.6 Å². The maximum absolute atomic E-state index is 11.6. The molecule has 6 heteroatoms. The average molecular weight is 327 g/mol. The van der Waals surface area contributed by atoms with E-state index in [2.05, 4.69) is 0 Å². The molecule has 0 aliphatic rings. The Hall–Kier alpha value is -3.15. The summed E-state index contributed by atoms with van der Waals surface area (Å²) in [6, 6.07) is 15.8. The average Bonchev–Trinajstić information content (AvgIpc) is 2.53. The SMILES string of the molecule is CC(=O)NC(C(=O)O)(C(=O)O)c1ccc(Cc2ccccc2)cc1. The predicted octanol–water partition coefficient (Wildman–Crippen LogP) is 1.78. The van der Waals surface area contributed by atoms with Crippen LogP contribution < -0.4 is 5.32 Å². The molecule has 1 amide bonds. The third kappa shape index (κ3) is 3.43. The van der Waals surface area contributed by atoms with Crippen molar-refractivity contribution in [2.75, 3.05) is 0 Å². The lowest BCUT2D eigenvalue weighted by atomic mass is 9.88. The summed E-state index contributed by atoms with van der Waals surface area (Å²) in [5, 5.41) is 20.9. The zero-order valence-electron chi connectivity index (χ0n) is 13.0. The van der Waals surface area contributed by atoms with E-state index in [0.717, 1.165) is 18.1 Å². The van der Waals surface area contributed by atoms with Crippen LogP contribution in [0.25, 0.3) is 0 Å². The van der Waals surface area contributed by atoms with Gasteiger partial charge in [0.15, 0.2) is 0 Å². The molecular weight excluding hydrogens is 310 g/mol. The Labute approximate surface area is 138 Å². The molecule has 0 aliphatic carbocycles. The van der Waals surface area contributed by atoms with Gasteiger partial charge in [-0.05, 0) is 17.5 Å². The minimum atomic E-state index is -2.50. The molecule has 124 valence electrons. The van der Waals surface area contributed by atoms with Crippen LogP contribution in [0.5, 0.6) is 0 Å². The Morgan fingerprint density at radius 1 is 0.875 bits per heavy atom. The lowest BCUT2D eigenvalue weighted by Crippen LogP contribution is -2.56. The molecular formula is C18H17NO5. The highest BCUT2D eigenvalue weighted by Crippen LogP contribution is 2.24. The van der Waals surface area contributed by atoms with Gasteiger partial charge in [-0.15, -0.1) is 0 Å². The predicted molar refractivity (Wildman–Crippen MR) is 86.5 cm³/mol. The number of hydrogen-bond acceptors (Lipinski definition) is 3. The van der Waals surface area contributed by atoms with E-state index >= 15 is 0 Å². The quantitative estimate of drug-likeness (QED) is 0.702. The summed E-state index contributed by atoms with van der Waals surface area (Å²) in [6.45, 7) is 1.07. The fourth-order valence-corrected chi connectivity index (χ4v) is 2.49. The molecule has 0 aliphatic heterocycles. The Balaban J connectivity index is 2.36. The molecule has 2 aromatic rings. The fourth-order valence-electron chi connectivity index (χ4n) is 2.49. The van der Waals surface area contributed by atoms with Crippen molar-refractivity contribution in [3.05, 3.63) is 71.3 Å². The monoisotopic (exact) mass is 327 g/mol. The molecule has 0 bridgehead atoms. The second-order valence-corrected chi connectivity index (χ2v) is 5.40. The zero-order valence-corrected chi connectivity index (χ0v) is 13.0. The van der Waals surface area contributed by atoms with Crippen molar-refractivity contribution in [3.63, 3.8) is 0 Å². The minimum absolute atomic E-state index is 0.0190. The van der Waals surface area contributed by atoms with Crippen molar-refractivity contribution in [2.24, 2.45) is 0 Å². The first-order valence-electron chi connectivity index (χ1n) is 7.25. The second kappa shape index (κ2) is 6.95. The van der Waals surface area contributed by atoms with Crippen LogP contribution in [0, 0.1) is 0 Å². The number of carboxylic acids is 2. The Morgan fingerprint density at radius 3 is 1.83 bits per heavy atom. The molecule has 0 spiro atoms. The molecule has 3 N–H and O–H groups in total. The molecule has 0 saturated carbocycles. The minimum Gasteiger partial charge on any atom is -0.479 e. The number of rotatable bonds is 6. The normalized spacial score (nSPS) is 10.9. The molecule has 2 rings (SSSR count). The number of benzene rings is 2. The molecule has 24 heavy (non-hydrogen) atoms. The smallest absolute Gasteiger partial charge is 0.346 e. The highest BCUT2D eigenvalue weighted by molar-refractivity contribution is 6.06. The van der Waals surface area contributed by atoms with Crippen LogP contribution in [-0.2, 0) is 26.3 Å². The van der Waals surface area contributed by atoms with Crippen LogP contribution in [0.2, 0.25) is 0 Å². The molecule has 0 aromatic heterocycles. The summed E-state index contributed by atoms with van der Waals surface area (Å²) in [4.78, 5) is 34.5. The summed E-state index contributed by atoms with van der Waals surface area (Å²) < 4.78 is 0. The third-order valence-corrected chi connectivity index (χ3v) is 3.64. The summed E-state index contributed by atoms with van der Waals surface area (Å²) >= 11 is 0. The zero-order chi connectivity index (χ0) is 17.7. The van der Waals surface area contributed by atoms with E-state index in [1.54, 1.807) is 12.1 Å². The fraction of sp³-hybridized carbons (Fsp3) is 0.167. The highest BCUT2D eigenvalue weighted by Gasteiger charge is 2.49. The highest BCUT2D eigenvalue weighted by atomic mass is 16.4. The standard InChI is InChI=1S/C18H17NO5/c1-12(20)19-18(16(21)22,17(23)24)15-9-7-14(8-10-15)11-13-5-3-2-4-6-13/h2-10H,11H2,1H3,(H,19,20)(H,21,22)(H,23,24). The molecule has 0 saturated heterocycles. The number of carboxylic acid groups (broad SMARTS) is 2. The van der Waals surface area contributed by atoms with Gasteiger partial charge in [0.1, 0.15) is 0 Å². The lowest BCUT2D eigenvalue weighted by Gasteiger charge is -2.26. The van der Waals surface area contributed by atoms with Gasteiger partial charge in [-0.25, -0.2) is 9.59 Å². The number of amides is 1. The lowest BCUT2D eigenvalue weighted by molar-refractivity contribution is -0.161. The van der Waals surface area contributed by atoms with E-state index < -0.39 is 23.4 Å². The van der Waals surface area contributed by atoms with Crippen molar-refractivity contribution in [1.82, 2.24) is 5.32 Å². The van der Waals surface area contributed by atoms with Crippen LogP contribution in [-0.4, -0.2) is 28.1 Å². The van der Waals surface area contributed by atoms with Crippen molar-refractivity contribution >= 4 is 17.8 Å². The molecule has 0 unspecified atom stereocenters. The largest absolute Gasteiger partial charge is 0.479 e. The van der Waals surface area contributed by atoms with E-state index in [4.69, 9.17) is 0 Å². The van der Waals surface area contributed by atoms with Gasteiger partial charge in [-0.1, -0.05) is 54.6 Å². The first-order chi connectivity index (χ1) is 11.4. The van der Waals surface area contributed by atoms with Crippen molar-refractivity contribution in [3.8, 4) is 0 Å². The van der Waals surface area contributed by atoms with Gasteiger partial charge in [-0.2, -0.15) is 0 Å². The molecule has 0 fully saturated rings. The maximum atomic E-state index is 11.6. The Bertz CT molecular complexity index is 739. The summed E-state index contributed by atoms with van der Waals surface area (Å²) in [5.74, 6) is -4.05. The van der Waals surface area contributed by atoms with Crippen molar-refractivity contribution in [1.29, 1.82) is 0 Å². The first kappa shape index (κ1) is 17.2. The number of aliphatic carboxylic acids is 2. The molecule has 0 atom stereocenters. The van der Waals surface area contributed by atoms with Crippen LogP contribution in [0.3, 0.4) is 0 Å². The molecule has 2 aromatic carbocycles. The summed E-state index contributed by atoms with van der Waals surface area (Å²) in [7, 11) is 0. The molecule has 6 nitrogen and oxygen atoms in total. The van der Waals surface area contributed by atoms with Crippen molar-refractivity contribution in [2.45, 2.75) is 18.9 Å². The third-order valence-electron chi connectivity index (χ3n) is 3.64. The number of hydrogen-bond donors (Lipinski definition) is 3. The first-order valence-corrected chi connectivity index (χ1v) is 7.25. The number of carbonyl (C=O) groups is 3. The Kier molecular flexibility index (Phi) is 4.99. The topological polar surface area (TPSA) is 104 Å². The van der Waals surface area contributed by atoms with Gasteiger partial charge in [-0.3, -0.25) is 4.79 Å².